The van der Waals surface area contributed by atoms with Crippen LogP contribution in [0.25, 0.3) is 22.1 Å². The van der Waals surface area contributed by atoms with Crippen molar-refractivity contribution >= 4 is 11.0 Å². The third-order valence-corrected chi connectivity index (χ3v) is 3.13. The monoisotopic (exact) mass is 237 g/mol. The van der Waals surface area contributed by atoms with Crippen molar-refractivity contribution in [1.29, 1.82) is 0 Å². The van der Waals surface area contributed by atoms with Gasteiger partial charge in [0.15, 0.2) is 0 Å². The molecule has 1 heterocycles. The molecule has 1 aromatic heterocycles. The minimum atomic E-state index is 0.825. The van der Waals surface area contributed by atoms with E-state index >= 15 is 0 Å². The lowest BCUT2D eigenvalue weighted by Gasteiger charge is -2.02. The van der Waals surface area contributed by atoms with E-state index in [1.54, 1.807) is 0 Å². The Balaban J connectivity index is 2.12. The second-order valence-corrected chi connectivity index (χ2v) is 4.37. The molecule has 3 aromatic rings. The number of hydrogen-bond donors (Lipinski definition) is 1. The van der Waals surface area contributed by atoms with E-state index < -0.39 is 0 Å². The van der Waals surface area contributed by atoms with Gasteiger partial charge in [0, 0.05) is 17.5 Å². The molecule has 0 aliphatic rings. The van der Waals surface area contributed by atoms with Crippen LogP contribution in [0.2, 0.25) is 0 Å². The Morgan fingerprint density at radius 1 is 1.00 bits per heavy atom. The predicted molar refractivity (Wildman–Crippen MR) is 74.4 cm³/mol. The molecule has 0 amide bonds. The Hall–Kier alpha value is -2.06. The molecule has 90 valence electrons. The Morgan fingerprint density at radius 3 is 2.61 bits per heavy atom. The topological polar surface area (TPSA) is 25.2 Å². The highest BCUT2D eigenvalue weighted by molar-refractivity contribution is 5.86. The highest BCUT2D eigenvalue weighted by Crippen LogP contribution is 2.27. The van der Waals surface area contributed by atoms with Gasteiger partial charge in [0.25, 0.3) is 0 Å². The van der Waals surface area contributed by atoms with E-state index in [-0.39, 0.29) is 0 Å². The van der Waals surface area contributed by atoms with Gasteiger partial charge in [-0.1, -0.05) is 36.4 Å². The molecular weight excluding hydrogens is 222 g/mol. The largest absolute Gasteiger partial charge is 0.464 e. The zero-order chi connectivity index (χ0) is 12.4. The van der Waals surface area contributed by atoms with Crippen LogP contribution in [0.5, 0.6) is 0 Å². The van der Waals surface area contributed by atoms with Crippen LogP contribution < -0.4 is 5.32 Å². The van der Waals surface area contributed by atoms with Gasteiger partial charge in [0.1, 0.15) is 5.58 Å². The average molecular weight is 237 g/mol. The van der Waals surface area contributed by atoms with Crippen LogP contribution in [0.15, 0.2) is 59.2 Å². The first-order chi connectivity index (χ1) is 8.88. The highest BCUT2D eigenvalue weighted by Gasteiger charge is 2.06. The van der Waals surface area contributed by atoms with Gasteiger partial charge in [0.05, 0.1) is 6.26 Å². The van der Waals surface area contributed by atoms with Crippen LogP contribution in [0.4, 0.5) is 0 Å². The summed E-state index contributed by atoms with van der Waals surface area (Å²) in [6.07, 6.45) is 1.83. The number of hydrogen-bond acceptors (Lipinski definition) is 2. The van der Waals surface area contributed by atoms with E-state index in [1.807, 2.05) is 25.4 Å². The fourth-order valence-corrected chi connectivity index (χ4v) is 2.22. The molecule has 0 spiro atoms. The van der Waals surface area contributed by atoms with Gasteiger partial charge in [-0.2, -0.15) is 0 Å². The second kappa shape index (κ2) is 4.67. The molecule has 0 bridgehead atoms. The number of nitrogens with one attached hydrogen (secondary N) is 1. The molecular formula is C16H15NO. The molecule has 2 nitrogen and oxygen atoms in total. The molecule has 0 fully saturated rings. The van der Waals surface area contributed by atoms with Crippen LogP contribution in [-0.2, 0) is 6.54 Å². The SMILES string of the molecule is CNCc1coc2ccc(-c3ccccc3)cc12. The summed E-state index contributed by atoms with van der Waals surface area (Å²) in [5, 5.41) is 4.35. The molecule has 0 aliphatic heterocycles. The summed E-state index contributed by atoms with van der Waals surface area (Å²) in [6.45, 7) is 0.825. The Morgan fingerprint density at radius 2 is 1.83 bits per heavy atom. The van der Waals surface area contributed by atoms with E-state index in [4.69, 9.17) is 4.42 Å². The molecule has 0 saturated carbocycles. The van der Waals surface area contributed by atoms with E-state index in [0.29, 0.717) is 0 Å². The van der Waals surface area contributed by atoms with Crippen molar-refractivity contribution in [3.63, 3.8) is 0 Å². The van der Waals surface area contributed by atoms with Crippen molar-refractivity contribution in [2.75, 3.05) is 7.05 Å². The van der Waals surface area contributed by atoms with Crippen LogP contribution >= 0.6 is 0 Å². The third-order valence-electron chi connectivity index (χ3n) is 3.13. The molecule has 2 heteroatoms. The molecule has 0 atom stereocenters. The third kappa shape index (κ3) is 1.91. The first-order valence-electron chi connectivity index (χ1n) is 6.08. The fraction of sp³-hybridized carbons (Fsp3) is 0.125. The van der Waals surface area contributed by atoms with Crippen LogP contribution in [0.1, 0.15) is 5.56 Å². The zero-order valence-corrected chi connectivity index (χ0v) is 10.3. The van der Waals surface area contributed by atoms with E-state index in [1.165, 1.54) is 22.1 Å². The molecule has 0 radical (unpaired) electrons. The lowest BCUT2D eigenvalue weighted by atomic mass is 10.0. The lowest BCUT2D eigenvalue weighted by molar-refractivity contribution is 0.607. The maximum atomic E-state index is 5.55. The second-order valence-electron chi connectivity index (χ2n) is 4.37. The molecule has 1 N–H and O–H groups in total. The van der Waals surface area contributed by atoms with E-state index in [0.717, 1.165) is 12.1 Å². The molecule has 18 heavy (non-hydrogen) atoms. The molecule has 3 rings (SSSR count). The summed E-state index contributed by atoms with van der Waals surface area (Å²) in [6, 6.07) is 16.7. The standard InChI is InChI=1S/C16H15NO/c1-17-10-14-11-18-16-8-7-13(9-15(14)16)12-5-3-2-4-6-12/h2-9,11,17H,10H2,1H3. The van der Waals surface area contributed by atoms with Gasteiger partial charge in [0.2, 0.25) is 0 Å². The predicted octanol–water partition coefficient (Wildman–Crippen LogP) is 3.82. The van der Waals surface area contributed by atoms with Crippen molar-refractivity contribution in [1.82, 2.24) is 5.32 Å². The number of rotatable bonds is 3. The van der Waals surface area contributed by atoms with E-state index in [2.05, 4.69) is 41.7 Å². The quantitative estimate of drug-likeness (QED) is 0.749. The van der Waals surface area contributed by atoms with Gasteiger partial charge < -0.3 is 9.73 Å². The lowest BCUT2D eigenvalue weighted by Crippen LogP contribution is -2.03. The summed E-state index contributed by atoms with van der Waals surface area (Å²) in [5.74, 6) is 0. The minimum Gasteiger partial charge on any atom is -0.464 e. The number of benzene rings is 2. The fourth-order valence-electron chi connectivity index (χ4n) is 2.22. The van der Waals surface area contributed by atoms with Crippen molar-refractivity contribution in [3.05, 3.63) is 60.4 Å². The molecule has 0 unspecified atom stereocenters. The number of fused-ring (bicyclic) bond motifs is 1. The Bertz CT molecular complexity index is 655. The van der Waals surface area contributed by atoms with E-state index in [9.17, 15) is 0 Å². The zero-order valence-electron chi connectivity index (χ0n) is 10.3. The van der Waals surface area contributed by atoms with Crippen molar-refractivity contribution in [3.8, 4) is 11.1 Å². The van der Waals surface area contributed by atoms with Crippen molar-refractivity contribution in [2.24, 2.45) is 0 Å². The summed E-state index contributed by atoms with van der Waals surface area (Å²) in [5.41, 5.74) is 4.60. The number of furan rings is 1. The summed E-state index contributed by atoms with van der Waals surface area (Å²) < 4.78 is 5.55. The summed E-state index contributed by atoms with van der Waals surface area (Å²) >= 11 is 0. The average Bonchev–Trinajstić information content (AvgIpc) is 2.83. The smallest absolute Gasteiger partial charge is 0.134 e. The molecule has 0 aliphatic carbocycles. The van der Waals surface area contributed by atoms with Crippen molar-refractivity contribution < 1.29 is 4.42 Å². The van der Waals surface area contributed by atoms with Gasteiger partial charge in [-0.25, -0.2) is 0 Å². The highest BCUT2D eigenvalue weighted by atomic mass is 16.3. The molecule has 0 saturated heterocycles. The van der Waals surface area contributed by atoms with Crippen LogP contribution in [-0.4, -0.2) is 7.05 Å². The van der Waals surface area contributed by atoms with Crippen LogP contribution in [0, 0.1) is 0 Å². The van der Waals surface area contributed by atoms with Crippen molar-refractivity contribution in [2.45, 2.75) is 6.54 Å². The maximum Gasteiger partial charge on any atom is 0.134 e. The summed E-state index contributed by atoms with van der Waals surface area (Å²) in [4.78, 5) is 0. The van der Waals surface area contributed by atoms with Crippen LogP contribution in [0.3, 0.4) is 0 Å². The normalized spacial score (nSPS) is 10.9. The summed E-state index contributed by atoms with van der Waals surface area (Å²) in [7, 11) is 1.94. The maximum absolute atomic E-state index is 5.55. The van der Waals surface area contributed by atoms with Gasteiger partial charge in [-0.05, 0) is 30.3 Å². The minimum absolute atomic E-state index is 0.825. The Kier molecular flexibility index (Phi) is 2.87. The first-order valence-corrected chi connectivity index (χ1v) is 6.08. The Labute approximate surface area is 106 Å². The molecule has 2 aromatic carbocycles. The first kappa shape index (κ1) is 11.1. The van der Waals surface area contributed by atoms with Gasteiger partial charge in [-0.15, -0.1) is 0 Å². The van der Waals surface area contributed by atoms with Gasteiger partial charge in [-0.3, -0.25) is 0 Å². The van der Waals surface area contributed by atoms with Gasteiger partial charge >= 0.3 is 0 Å².